The molecule has 2 aliphatic heterocycles. The van der Waals surface area contributed by atoms with Gasteiger partial charge in [-0.25, -0.2) is 0 Å². The molecule has 462 valence electrons. The molecule has 8 nitrogen and oxygen atoms in total. The molecule has 2 aliphatic rings. The van der Waals surface area contributed by atoms with E-state index in [0.717, 1.165) is 52.8 Å². The summed E-state index contributed by atoms with van der Waals surface area (Å²) in [6, 6.07) is 8.71. The summed E-state index contributed by atoms with van der Waals surface area (Å²) in [6.45, 7) is 60.9. The fraction of sp³-hybridized carbons (Fsp3) is 0.754. The van der Waals surface area contributed by atoms with Gasteiger partial charge in [-0.2, -0.15) is 19.8 Å². The fourth-order valence-electron chi connectivity index (χ4n) is 6.59. The zero-order valence-electron chi connectivity index (χ0n) is 53.3. The van der Waals surface area contributed by atoms with Crippen LogP contribution in [0.4, 0.5) is 0 Å². The van der Waals surface area contributed by atoms with Crippen molar-refractivity contribution < 1.29 is 35.4 Å². The molecular weight excluding hydrogens is 1300 g/mol. The van der Waals surface area contributed by atoms with Gasteiger partial charge in [0.2, 0.25) is 0 Å². The first-order valence-corrected chi connectivity index (χ1v) is 43.4. The van der Waals surface area contributed by atoms with Crippen LogP contribution >= 0.6 is 79.5 Å². The Morgan fingerprint density at radius 2 is 0.961 bits per heavy atom. The van der Waals surface area contributed by atoms with Gasteiger partial charge < -0.3 is 49.7 Å². The van der Waals surface area contributed by atoms with E-state index in [4.69, 9.17) is 49.0 Å². The third-order valence-corrected chi connectivity index (χ3v) is 22.0. The third-order valence-electron chi connectivity index (χ3n) is 11.5. The van der Waals surface area contributed by atoms with Crippen molar-refractivity contribution in [1.29, 1.82) is 5.16 Å². The van der Waals surface area contributed by atoms with Crippen molar-refractivity contribution in [3.63, 3.8) is 0 Å². The Balaban J connectivity index is -0.000000120. The molecule has 19 heteroatoms. The average molecular weight is 1420 g/mol. The molecule has 0 aromatic heterocycles. The van der Waals surface area contributed by atoms with Gasteiger partial charge in [-0.3, -0.25) is 5.16 Å². The Morgan fingerprint density at radius 3 is 1.14 bits per heavy atom. The summed E-state index contributed by atoms with van der Waals surface area (Å²) in [5, 5.41) is 20.8. The predicted molar refractivity (Wildman–Crippen MR) is 363 cm³/mol. The molecule has 0 saturated heterocycles. The molecule has 3 rings (SSSR count). The van der Waals surface area contributed by atoms with Crippen LogP contribution in [-0.2, 0) is 30.3 Å². The zero-order valence-corrected chi connectivity index (χ0v) is 64.7. The molecule has 0 fully saturated rings. The summed E-state index contributed by atoms with van der Waals surface area (Å²) in [5.41, 5.74) is 8.58. The van der Waals surface area contributed by atoms with Crippen LogP contribution in [0.3, 0.4) is 0 Å². The average Bonchev–Trinajstić information content (AvgIpc) is 3.87. The molecule has 4 N–H and O–H groups in total. The van der Waals surface area contributed by atoms with Gasteiger partial charge in [0.15, 0.2) is 0 Å². The van der Waals surface area contributed by atoms with Crippen LogP contribution in [0.15, 0.2) is 49.1 Å². The Kier molecular flexibility index (Phi) is 80.2. The maximum atomic E-state index is 7.57. The van der Waals surface area contributed by atoms with Crippen molar-refractivity contribution in [2.75, 3.05) is 79.5 Å². The van der Waals surface area contributed by atoms with Crippen LogP contribution in [-0.4, -0.2) is 138 Å². The summed E-state index contributed by atoms with van der Waals surface area (Å²) in [6.07, 6.45) is 13.2. The molecule has 0 bridgehead atoms. The number of nitrogens with zero attached hydrogens (tertiary/aromatic N) is 4. The van der Waals surface area contributed by atoms with Gasteiger partial charge in [-0.05, 0) is 172 Å². The van der Waals surface area contributed by atoms with Crippen molar-refractivity contribution in [2.24, 2.45) is 11.3 Å². The van der Waals surface area contributed by atoms with E-state index >= 15 is 0 Å². The number of hydrogen-bond donors (Lipinski definition) is 4. The number of nitrogens with one attached hydrogen (secondary N) is 3. The Bertz CT molecular complexity index is 1280. The molecule has 0 spiro atoms. The number of benzene rings is 1. The topological polar surface area (TPSA) is 81.1 Å². The quantitative estimate of drug-likeness (QED) is 0.0505. The van der Waals surface area contributed by atoms with Gasteiger partial charge in [0, 0.05) is 29.1 Å². The molecule has 0 radical (unpaired) electrons. The number of aliphatic hydroxyl groups is 1. The van der Waals surface area contributed by atoms with Crippen molar-refractivity contribution in [1.82, 2.24) is 30.2 Å². The van der Waals surface area contributed by atoms with E-state index in [-0.39, 0.29) is 68.1 Å². The first-order valence-electron chi connectivity index (χ1n) is 26.7. The molecular formula is C57H123Cl4N7OP5Ru2-. The minimum atomic E-state index is -0.346. The second kappa shape index (κ2) is 64.6. The summed E-state index contributed by atoms with van der Waals surface area (Å²) in [4.78, 5) is 8.00. The van der Waals surface area contributed by atoms with Gasteiger partial charge in [0.1, 0.15) is 0 Å². The number of hydrogen-bond acceptors (Lipinski definition) is 8. The first-order chi connectivity index (χ1) is 34.7. The standard InChI is InChI=1S/C16H37NP2.C11H25NP.C10H14.C7H16.2C5H9N2.C2H6O.CH3.4ClH.H3NP2.2Ru/c1-13(2)18(14(3)4)11-9-17-10-12-19(15(5)6)16(7)8;1-6-7-12-8-9-13(10(2)3)11(4)5;1-8(2)10-6-4-9(3)5-7-10;1-6(2)7(3,4)5;2*1-6-3-4-7(2)5-6;1-2-3;;;;;;1-3-2;;/h13-17H,9-12H2,1-8H3;10-12H,1,6-9H2,2-5H3;4-8H,1-3H3;6H,1-5H3;2*3-5H,1-2H3;3H,2H2,1H3;1H3;4*1H;1H,2H2;;/q;-1;;;2*-1;;-1;;;;;;+2;+4/p-3. The normalized spacial score (nSPS) is 12.4. The van der Waals surface area contributed by atoms with Gasteiger partial charge in [0.25, 0.3) is 0 Å². The SMILES string of the molecule is CC(C)C(C)(C)C.CC(C)P(CCNCCP(C(C)C)C(C)C)C(C)C.CCO.CN1C=CN(C)[CH-]1.CN1C=CN(C)[CH-]1.Cc1ccc(C(C)C)cc1.N=PP.[CH2-]CCNCC[PH+](C(C)C)C(C)C.[CH3-].[Cl][Ru+2][Cl].[Cl][Ru][Cl]. The van der Waals surface area contributed by atoms with Crippen LogP contribution in [0.2, 0.25) is 0 Å². The Morgan fingerprint density at radius 1 is 0.697 bits per heavy atom. The van der Waals surface area contributed by atoms with Gasteiger partial charge in [-0.1, -0.05) is 143 Å². The van der Waals surface area contributed by atoms with Gasteiger partial charge >= 0.3 is 69.1 Å². The number of rotatable bonds is 18. The van der Waals surface area contributed by atoms with E-state index in [1.165, 1.54) is 49.2 Å². The van der Waals surface area contributed by atoms with Crippen LogP contribution in [0.25, 0.3) is 0 Å². The molecule has 1 atom stereocenters. The second-order valence-electron chi connectivity index (χ2n) is 21.5. The molecule has 0 amide bonds. The van der Waals surface area contributed by atoms with Gasteiger partial charge in [0.05, 0.1) is 17.5 Å². The van der Waals surface area contributed by atoms with Crippen LogP contribution in [0.1, 0.15) is 162 Å². The van der Waals surface area contributed by atoms with Crippen LogP contribution in [0, 0.1) is 51.1 Å². The van der Waals surface area contributed by atoms with E-state index < -0.39 is 0 Å². The molecule has 1 aromatic carbocycles. The summed E-state index contributed by atoms with van der Waals surface area (Å²) in [7, 11) is 30.5. The Hall–Kier alpha value is 2.01. The van der Waals surface area contributed by atoms with E-state index in [2.05, 4.69) is 189 Å². The van der Waals surface area contributed by atoms with Crippen LogP contribution < -0.4 is 10.6 Å². The molecule has 76 heavy (non-hydrogen) atoms. The molecule has 1 unspecified atom stereocenters. The van der Waals surface area contributed by atoms with E-state index in [1.54, 1.807) is 6.92 Å². The second-order valence-corrected chi connectivity index (χ2v) is 38.8. The minimum absolute atomic E-state index is 0. The summed E-state index contributed by atoms with van der Waals surface area (Å²) >= 11 is -0.691. The first kappa shape index (κ1) is 94.4. The summed E-state index contributed by atoms with van der Waals surface area (Å²) < 4.78 is 0. The monoisotopic (exact) mass is 1420 g/mol. The van der Waals surface area contributed by atoms with Crippen molar-refractivity contribution >= 4 is 79.5 Å². The maximum absolute atomic E-state index is 7.57. The molecule has 2 heterocycles. The van der Waals surface area contributed by atoms with Crippen molar-refractivity contribution in [2.45, 2.75) is 192 Å². The van der Waals surface area contributed by atoms with Gasteiger partial charge in [-0.15, -0.1) is 15.8 Å². The van der Waals surface area contributed by atoms with Crippen LogP contribution in [0.5, 0.6) is 0 Å². The molecule has 1 aromatic rings. The Labute approximate surface area is 516 Å². The zero-order chi connectivity index (χ0) is 60.3. The molecule has 0 saturated carbocycles. The molecule has 0 aliphatic carbocycles. The number of aliphatic hydroxyl groups excluding tert-OH is 1. The van der Waals surface area contributed by atoms with E-state index in [0.29, 0.717) is 19.4 Å². The van der Waals surface area contributed by atoms with E-state index in [9.17, 15) is 0 Å². The fourth-order valence-corrected chi connectivity index (χ4v) is 14.8. The predicted octanol–water partition coefficient (Wildman–Crippen LogP) is 19.4. The number of aryl methyl sites for hydroxylation is 1. The van der Waals surface area contributed by atoms with Crippen molar-refractivity contribution in [3.8, 4) is 0 Å². The number of halogens is 4. The third kappa shape index (κ3) is 70.3. The van der Waals surface area contributed by atoms with Crippen molar-refractivity contribution in [3.05, 3.63) is 87.9 Å². The summed E-state index contributed by atoms with van der Waals surface area (Å²) in [5.74, 6) is 1.45. The van der Waals surface area contributed by atoms with E-state index in [1.807, 2.05) is 85.9 Å².